The van der Waals surface area contributed by atoms with E-state index in [0.29, 0.717) is 33.2 Å². The number of aromatic nitrogens is 1. The maximum absolute atomic E-state index is 14.0. The first-order valence-electron chi connectivity index (χ1n) is 6.14. The molecule has 0 radical (unpaired) electrons. The molecule has 1 atom stereocenters. The Bertz CT molecular complexity index is 836. The predicted octanol–water partition coefficient (Wildman–Crippen LogP) is 3.40. The number of aliphatic carboxylic acids is 1. The summed E-state index contributed by atoms with van der Waals surface area (Å²) in [5.74, 6) is -2.72. The second-order valence-electron chi connectivity index (χ2n) is 4.55. The number of hydrogen-bond acceptors (Lipinski definition) is 3. The van der Waals surface area contributed by atoms with Crippen LogP contribution in [0.5, 0.6) is 0 Å². The molecule has 1 unspecified atom stereocenters. The molecule has 0 fully saturated rings. The predicted molar refractivity (Wildman–Crippen MR) is 78.0 cm³/mol. The minimum absolute atomic E-state index is 0.346. The Kier molecular flexibility index (Phi) is 3.31. The van der Waals surface area contributed by atoms with Crippen LogP contribution in [0.4, 0.5) is 4.39 Å². The monoisotopic (exact) mass is 303 g/mol. The van der Waals surface area contributed by atoms with Crippen molar-refractivity contribution < 1.29 is 19.1 Å². The topological polar surface area (TPSA) is 70.2 Å². The Morgan fingerprint density at radius 2 is 2.24 bits per heavy atom. The third-order valence-corrected chi connectivity index (χ3v) is 4.31. The highest BCUT2D eigenvalue weighted by Crippen LogP contribution is 2.35. The molecule has 6 heteroatoms. The third-order valence-electron chi connectivity index (χ3n) is 3.29. The third kappa shape index (κ3) is 2.23. The van der Waals surface area contributed by atoms with Crippen LogP contribution in [0.1, 0.15) is 10.8 Å². The van der Waals surface area contributed by atoms with Crippen molar-refractivity contribution in [2.24, 2.45) is 0 Å². The lowest BCUT2D eigenvalue weighted by Gasteiger charge is -2.00. The van der Waals surface area contributed by atoms with Gasteiger partial charge in [-0.25, -0.2) is 4.39 Å². The van der Waals surface area contributed by atoms with Gasteiger partial charge in [-0.1, -0.05) is 6.07 Å². The van der Waals surface area contributed by atoms with E-state index in [1.807, 2.05) is 0 Å². The van der Waals surface area contributed by atoms with Gasteiger partial charge in [0.15, 0.2) is 0 Å². The zero-order valence-electron chi connectivity index (χ0n) is 10.7. The highest BCUT2D eigenvalue weighted by molar-refractivity contribution is 7.10. The van der Waals surface area contributed by atoms with Crippen LogP contribution in [-0.2, 0) is 9.59 Å². The average molecular weight is 303 g/mol. The van der Waals surface area contributed by atoms with Crippen LogP contribution < -0.4 is 0 Å². The van der Waals surface area contributed by atoms with E-state index in [9.17, 15) is 14.0 Å². The standard InChI is InChI=1S/C15H10FNO3S/c16-11-2-1-3-12-14(11)9(5-17-12)8-4-13(21-7-8)10(6-18)15(19)20/h1-7,10,17H,(H,19,20). The van der Waals surface area contributed by atoms with E-state index in [1.165, 1.54) is 17.4 Å². The van der Waals surface area contributed by atoms with Gasteiger partial charge in [0.25, 0.3) is 0 Å². The van der Waals surface area contributed by atoms with Crippen molar-refractivity contribution in [1.82, 2.24) is 4.98 Å². The molecule has 2 heterocycles. The van der Waals surface area contributed by atoms with Gasteiger partial charge in [0, 0.05) is 27.5 Å². The van der Waals surface area contributed by atoms with Crippen LogP contribution in [0, 0.1) is 5.82 Å². The number of carboxylic acids is 1. The summed E-state index contributed by atoms with van der Waals surface area (Å²) in [6.07, 6.45) is 2.07. The lowest BCUT2D eigenvalue weighted by Crippen LogP contribution is -2.10. The van der Waals surface area contributed by atoms with E-state index in [1.54, 1.807) is 29.8 Å². The van der Waals surface area contributed by atoms with E-state index in [4.69, 9.17) is 5.11 Å². The van der Waals surface area contributed by atoms with Crippen LogP contribution in [-0.4, -0.2) is 22.3 Å². The van der Waals surface area contributed by atoms with E-state index in [-0.39, 0.29) is 5.82 Å². The summed E-state index contributed by atoms with van der Waals surface area (Å²) in [5, 5.41) is 11.2. The van der Waals surface area contributed by atoms with Crippen molar-refractivity contribution in [1.29, 1.82) is 0 Å². The number of carbonyl (C=O) groups is 2. The highest BCUT2D eigenvalue weighted by Gasteiger charge is 2.22. The number of aromatic amines is 1. The largest absolute Gasteiger partial charge is 0.480 e. The number of carboxylic acid groups (broad SMARTS) is 1. The number of benzene rings is 1. The summed E-state index contributed by atoms with van der Waals surface area (Å²) >= 11 is 1.17. The maximum atomic E-state index is 14.0. The summed E-state index contributed by atoms with van der Waals surface area (Å²) in [4.78, 5) is 25.3. The number of fused-ring (bicyclic) bond motifs is 1. The van der Waals surface area contributed by atoms with Crippen molar-refractivity contribution in [3.05, 3.63) is 46.5 Å². The normalized spacial score (nSPS) is 12.4. The molecule has 3 rings (SSSR count). The van der Waals surface area contributed by atoms with Gasteiger partial charge in [-0.2, -0.15) is 0 Å². The molecule has 2 N–H and O–H groups in total. The molecule has 0 aliphatic heterocycles. The van der Waals surface area contributed by atoms with Gasteiger partial charge in [0.05, 0.1) is 0 Å². The van der Waals surface area contributed by atoms with E-state index in [0.717, 1.165) is 0 Å². The van der Waals surface area contributed by atoms with Gasteiger partial charge in [0.2, 0.25) is 0 Å². The summed E-state index contributed by atoms with van der Waals surface area (Å²) in [6, 6.07) is 6.37. The fraction of sp³-hybridized carbons (Fsp3) is 0.0667. The van der Waals surface area contributed by atoms with E-state index >= 15 is 0 Å². The van der Waals surface area contributed by atoms with Gasteiger partial charge in [-0.3, -0.25) is 4.79 Å². The van der Waals surface area contributed by atoms with Crippen LogP contribution in [0.25, 0.3) is 22.0 Å². The fourth-order valence-electron chi connectivity index (χ4n) is 2.27. The number of halogens is 1. The number of carbonyl (C=O) groups excluding carboxylic acids is 1. The molecule has 3 aromatic rings. The maximum Gasteiger partial charge on any atom is 0.319 e. The Balaban J connectivity index is 2.10. The Morgan fingerprint density at radius 1 is 1.43 bits per heavy atom. The SMILES string of the molecule is O=CC(C(=O)O)c1cc(-c2c[nH]c3cccc(F)c23)cs1. The second kappa shape index (κ2) is 5.14. The molecular formula is C15H10FNO3S. The van der Waals surface area contributed by atoms with Crippen LogP contribution >= 0.6 is 11.3 Å². The zero-order chi connectivity index (χ0) is 15.0. The number of aldehydes is 1. The number of thiophene rings is 1. The quantitative estimate of drug-likeness (QED) is 0.573. The number of rotatable bonds is 4. The van der Waals surface area contributed by atoms with Crippen molar-refractivity contribution >= 4 is 34.5 Å². The molecule has 0 saturated heterocycles. The molecule has 0 spiro atoms. The smallest absolute Gasteiger partial charge is 0.319 e. The molecule has 0 aliphatic rings. The Hall–Kier alpha value is -2.47. The lowest BCUT2D eigenvalue weighted by molar-refractivity contribution is -0.140. The summed E-state index contributed by atoms with van der Waals surface area (Å²) in [7, 11) is 0. The molecule has 106 valence electrons. The molecule has 4 nitrogen and oxygen atoms in total. The molecule has 21 heavy (non-hydrogen) atoms. The van der Waals surface area contributed by atoms with Crippen molar-refractivity contribution in [3.8, 4) is 11.1 Å². The molecule has 0 amide bonds. The Labute approximate surface area is 122 Å². The van der Waals surface area contributed by atoms with Crippen molar-refractivity contribution in [2.45, 2.75) is 5.92 Å². The summed E-state index contributed by atoms with van der Waals surface area (Å²) in [5.41, 5.74) is 2.02. The number of hydrogen-bond donors (Lipinski definition) is 2. The molecule has 0 saturated carbocycles. The van der Waals surface area contributed by atoms with Crippen LogP contribution in [0.3, 0.4) is 0 Å². The van der Waals surface area contributed by atoms with Crippen molar-refractivity contribution in [3.63, 3.8) is 0 Å². The minimum Gasteiger partial charge on any atom is -0.480 e. The second-order valence-corrected chi connectivity index (χ2v) is 5.50. The first-order valence-corrected chi connectivity index (χ1v) is 7.02. The van der Waals surface area contributed by atoms with Gasteiger partial charge < -0.3 is 14.9 Å². The van der Waals surface area contributed by atoms with E-state index in [2.05, 4.69) is 4.98 Å². The van der Waals surface area contributed by atoms with Crippen LogP contribution in [0.15, 0.2) is 35.8 Å². The van der Waals surface area contributed by atoms with Gasteiger partial charge >= 0.3 is 5.97 Å². The van der Waals surface area contributed by atoms with Gasteiger partial charge in [-0.15, -0.1) is 11.3 Å². The lowest BCUT2D eigenvalue weighted by atomic mass is 10.0. The zero-order valence-corrected chi connectivity index (χ0v) is 11.5. The molecule has 0 bridgehead atoms. The van der Waals surface area contributed by atoms with E-state index < -0.39 is 11.9 Å². The first kappa shape index (κ1) is 13.5. The highest BCUT2D eigenvalue weighted by atomic mass is 32.1. The first-order chi connectivity index (χ1) is 10.1. The molecule has 0 aliphatic carbocycles. The summed E-state index contributed by atoms with van der Waals surface area (Å²) < 4.78 is 14.0. The van der Waals surface area contributed by atoms with Gasteiger partial charge in [-0.05, 0) is 29.1 Å². The van der Waals surface area contributed by atoms with Crippen molar-refractivity contribution in [2.75, 3.05) is 0 Å². The number of H-pyrrole nitrogens is 1. The fourth-order valence-corrected chi connectivity index (χ4v) is 3.23. The summed E-state index contributed by atoms with van der Waals surface area (Å²) in [6.45, 7) is 0. The molecular weight excluding hydrogens is 293 g/mol. The van der Waals surface area contributed by atoms with Gasteiger partial charge in [0.1, 0.15) is 18.0 Å². The molecule has 1 aromatic carbocycles. The number of nitrogens with one attached hydrogen (secondary N) is 1. The Morgan fingerprint density at radius 3 is 2.95 bits per heavy atom. The average Bonchev–Trinajstić information content (AvgIpc) is 3.06. The minimum atomic E-state index is -1.19. The molecule has 2 aromatic heterocycles. The van der Waals surface area contributed by atoms with Crippen LogP contribution in [0.2, 0.25) is 0 Å².